The van der Waals surface area contributed by atoms with E-state index in [0.29, 0.717) is 11.7 Å². The number of ketones is 1. The highest BCUT2D eigenvalue weighted by Crippen LogP contribution is 2.43. The van der Waals surface area contributed by atoms with Crippen molar-refractivity contribution in [2.75, 3.05) is 0 Å². The van der Waals surface area contributed by atoms with Gasteiger partial charge in [0.15, 0.2) is 0 Å². The third-order valence-corrected chi connectivity index (χ3v) is 2.69. The van der Waals surface area contributed by atoms with Crippen LogP contribution in [0.4, 0.5) is 0 Å². The van der Waals surface area contributed by atoms with Crippen molar-refractivity contribution in [1.82, 2.24) is 0 Å². The van der Waals surface area contributed by atoms with Gasteiger partial charge in [-0.25, -0.2) is 0 Å². The smallest absolute Gasteiger partial charge is 0.141 e. The van der Waals surface area contributed by atoms with Crippen LogP contribution in [0.25, 0.3) is 0 Å². The Morgan fingerprint density at radius 1 is 1.55 bits per heavy atom. The van der Waals surface area contributed by atoms with Gasteiger partial charge < -0.3 is 0 Å². The van der Waals surface area contributed by atoms with Gasteiger partial charge in [-0.3, -0.25) is 4.79 Å². The number of Topliss-reactive ketones (excluding diaryl/α,β-unsaturated/α-hetero) is 1. The van der Waals surface area contributed by atoms with Gasteiger partial charge in [-0.15, -0.1) is 0 Å². The van der Waals surface area contributed by atoms with Crippen molar-refractivity contribution in [1.29, 1.82) is 0 Å². The Morgan fingerprint density at radius 3 is 2.73 bits per heavy atom. The number of hydrogen-bond donors (Lipinski definition) is 0. The molecule has 0 bridgehead atoms. The molecule has 2 aliphatic carbocycles. The lowest BCUT2D eigenvalue weighted by Crippen LogP contribution is -2.33. The molecule has 1 saturated carbocycles. The fourth-order valence-corrected chi connectivity index (χ4v) is 1.96. The quantitative estimate of drug-likeness (QED) is 0.514. The van der Waals surface area contributed by atoms with E-state index >= 15 is 0 Å². The molecule has 0 spiro atoms. The van der Waals surface area contributed by atoms with Crippen molar-refractivity contribution >= 4 is 5.78 Å². The Labute approximate surface area is 66.8 Å². The van der Waals surface area contributed by atoms with Crippen LogP contribution in [0.15, 0.2) is 23.3 Å². The normalized spacial score (nSPS) is 33.6. The maximum absolute atomic E-state index is 11.0. The first-order valence-electron chi connectivity index (χ1n) is 4.08. The molecule has 2 atom stereocenters. The summed E-state index contributed by atoms with van der Waals surface area (Å²) >= 11 is 0. The number of allylic oxidation sites excluding steroid dienone is 4. The van der Waals surface area contributed by atoms with Crippen LogP contribution in [0.2, 0.25) is 0 Å². The summed E-state index contributed by atoms with van der Waals surface area (Å²) in [7, 11) is 0. The Bertz CT molecular complexity index is 267. The molecule has 0 heterocycles. The second-order valence-electron chi connectivity index (χ2n) is 3.62. The van der Waals surface area contributed by atoms with Crippen molar-refractivity contribution in [2.45, 2.75) is 20.3 Å². The first-order valence-corrected chi connectivity index (χ1v) is 4.08. The van der Waals surface area contributed by atoms with Crippen LogP contribution in [0.3, 0.4) is 0 Å². The summed E-state index contributed by atoms with van der Waals surface area (Å²) in [5.41, 5.74) is 2.76. The van der Waals surface area contributed by atoms with Crippen LogP contribution >= 0.6 is 0 Å². The van der Waals surface area contributed by atoms with Gasteiger partial charge in [0.05, 0.1) is 0 Å². The van der Waals surface area contributed by atoms with Gasteiger partial charge >= 0.3 is 0 Å². The minimum Gasteiger partial charge on any atom is -0.299 e. The van der Waals surface area contributed by atoms with Crippen LogP contribution in [0, 0.1) is 11.8 Å². The summed E-state index contributed by atoms with van der Waals surface area (Å²) < 4.78 is 0. The third-order valence-electron chi connectivity index (χ3n) is 2.69. The molecule has 0 radical (unpaired) electrons. The number of carbonyl (C=O) groups is 1. The summed E-state index contributed by atoms with van der Waals surface area (Å²) in [4.78, 5) is 11.0. The van der Waals surface area contributed by atoms with Gasteiger partial charge in [0.2, 0.25) is 0 Å². The van der Waals surface area contributed by atoms with E-state index in [1.54, 1.807) is 0 Å². The van der Waals surface area contributed by atoms with Crippen LogP contribution in [0.1, 0.15) is 20.3 Å². The number of hydrogen-bond acceptors (Lipinski definition) is 1. The van der Waals surface area contributed by atoms with E-state index in [1.807, 2.05) is 0 Å². The monoisotopic (exact) mass is 148 g/mol. The zero-order valence-electron chi connectivity index (χ0n) is 6.92. The molecule has 0 aliphatic heterocycles. The minimum absolute atomic E-state index is 0.250. The second-order valence-corrected chi connectivity index (χ2v) is 3.62. The summed E-state index contributed by atoms with van der Waals surface area (Å²) in [5.74, 6) is 1.22. The fourth-order valence-electron chi connectivity index (χ4n) is 1.96. The van der Waals surface area contributed by atoms with Crippen molar-refractivity contribution in [3.63, 3.8) is 0 Å². The van der Waals surface area contributed by atoms with Crippen molar-refractivity contribution in [3.05, 3.63) is 23.3 Å². The van der Waals surface area contributed by atoms with Crippen molar-refractivity contribution in [3.8, 4) is 0 Å². The number of fused-ring (bicyclic) bond motifs is 1. The van der Waals surface area contributed by atoms with E-state index < -0.39 is 0 Å². The van der Waals surface area contributed by atoms with Gasteiger partial charge in [-0.1, -0.05) is 17.7 Å². The molecule has 58 valence electrons. The summed E-state index contributed by atoms with van der Waals surface area (Å²) in [6.45, 7) is 4.23. The first-order chi connectivity index (χ1) is 5.20. The van der Waals surface area contributed by atoms with E-state index in [2.05, 4.69) is 26.0 Å². The van der Waals surface area contributed by atoms with E-state index in [4.69, 9.17) is 0 Å². The Hall–Kier alpha value is -0.850. The number of carbonyl (C=O) groups excluding carboxylic acids is 1. The van der Waals surface area contributed by atoms with Crippen molar-refractivity contribution in [2.24, 2.45) is 11.8 Å². The molecule has 0 aromatic rings. The molecule has 2 aliphatic rings. The maximum atomic E-state index is 11.0. The minimum atomic E-state index is 0.250. The molecule has 11 heavy (non-hydrogen) atoms. The van der Waals surface area contributed by atoms with E-state index in [0.717, 1.165) is 6.42 Å². The molecule has 0 N–H and O–H groups in total. The van der Waals surface area contributed by atoms with E-state index in [1.165, 1.54) is 11.1 Å². The lowest BCUT2D eigenvalue weighted by Gasteiger charge is -2.29. The highest BCUT2D eigenvalue weighted by atomic mass is 16.1. The lowest BCUT2D eigenvalue weighted by atomic mass is 9.72. The number of rotatable bonds is 0. The van der Waals surface area contributed by atoms with Gasteiger partial charge in [-0.05, 0) is 19.4 Å². The van der Waals surface area contributed by atoms with Gasteiger partial charge in [0, 0.05) is 18.3 Å². The van der Waals surface area contributed by atoms with Crippen LogP contribution in [0.5, 0.6) is 0 Å². The lowest BCUT2D eigenvalue weighted by molar-refractivity contribution is -0.129. The first kappa shape index (κ1) is 6.84. The fraction of sp³-hybridized carbons (Fsp3) is 0.500. The molecule has 2 unspecified atom stereocenters. The summed E-state index contributed by atoms with van der Waals surface area (Å²) in [6, 6.07) is 0. The molecule has 0 saturated heterocycles. The zero-order chi connectivity index (χ0) is 8.01. The molecule has 0 amide bonds. The van der Waals surface area contributed by atoms with Gasteiger partial charge in [-0.2, -0.15) is 0 Å². The summed E-state index contributed by atoms with van der Waals surface area (Å²) in [6.07, 6.45) is 4.95. The van der Waals surface area contributed by atoms with Crippen molar-refractivity contribution < 1.29 is 4.79 Å². The van der Waals surface area contributed by atoms with E-state index in [9.17, 15) is 4.79 Å². The predicted molar refractivity (Wildman–Crippen MR) is 44.1 cm³/mol. The third kappa shape index (κ3) is 0.802. The van der Waals surface area contributed by atoms with Gasteiger partial charge in [0.1, 0.15) is 5.78 Å². The summed E-state index contributed by atoms with van der Waals surface area (Å²) in [5, 5.41) is 0. The molecule has 1 heteroatoms. The Morgan fingerprint density at radius 2 is 2.27 bits per heavy atom. The SMILES string of the molecule is CC(C)=C1C=CC2C(=O)CC12. The largest absolute Gasteiger partial charge is 0.299 e. The predicted octanol–water partition coefficient (Wildman–Crippen LogP) is 2.10. The maximum Gasteiger partial charge on any atom is 0.141 e. The average Bonchev–Trinajstić information content (AvgIpc) is 2.25. The second kappa shape index (κ2) is 2.07. The molecule has 2 rings (SSSR count). The molecule has 0 aromatic heterocycles. The zero-order valence-corrected chi connectivity index (χ0v) is 6.92. The molecule has 1 fully saturated rings. The standard InChI is InChI=1S/C10H12O/c1-6(2)7-3-4-8-9(7)5-10(8)11/h3-4,8-9H,5H2,1-2H3. The highest BCUT2D eigenvalue weighted by Gasteiger charge is 2.42. The van der Waals surface area contributed by atoms with Gasteiger partial charge in [0.25, 0.3) is 0 Å². The molecular formula is C10H12O. The highest BCUT2D eigenvalue weighted by molar-refractivity contribution is 5.91. The average molecular weight is 148 g/mol. The molecular weight excluding hydrogens is 136 g/mol. The van der Waals surface area contributed by atoms with E-state index in [-0.39, 0.29) is 5.92 Å². The molecule has 0 aromatic carbocycles. The molecule has 1 nitrogen and oxygen atoms in total. The van der Waals surface area contributed by atoms with Crippen LogP contribution < -0.4 is 0 Å². The topological polar surface area (TPSA) is 17.1 Å². The Balaban J connectivity index is 2.29. The van der Waals surface area contributed by atoms with Crippen LogP contribution in [-0.4, -0.2) is 5.78 Å². The Kier molecular flexibility index (Phi) is 1.28. The van der Waals surface area contributed by atoms with Crippen LogP contribution in [-0.2, 0) is 4.79 Å².